The van der Waals surface area contributed by atoms with Crippen molar-refractivity contribution in [3.05, 3.63) is 0 Å². The third-order valence-corrected chi connectivity index (χ3v) is 4.17. The largest absolute Gasteiger partial charge is 0.314 e. The molecule has 2 nitrogen and oxygen atoms in total. The van der Waals surface area contributed by atoms with E-state index in [2.05, 4.69) is 38.0 Å². The standard InChI is InChI=1S/C14H30N2/c1-5-7-12(3)16(4)14-10-8-13(9-11-14)15-6-2/h12-15H,5-11H2,1-4H3. The summed E-state index contributed by atoms with van der Waals surface area (Å²) in [4.78, 5) is 2.62. The molecule has 0 bridgehead atoms. The summed E-state index contributed by atoms with van der Waals surface area (Å²) in [6, 6.07) is 2.37. The lowest BCUT2D eigenvalue weighted by atomic mass is 9.89. The molecule has 96 valence electrons. The van der Waals surface area contributed by atoms with Crippen LogP contribution in [-0.4, -0.2) is 36.6 Å². The van der Waals surface area contributed by atoms with E-state index in [1.54, 1.807) is 0 Å². The van der Waals surface area contributed by atoms with Crippen molar-refractivity contribution < 1.29 is 0 Å². The maximum Gasteiger partial charge on any atom is 0.00961 e. The van der Waals surface area contributed by atoms with Crippen LogP contribution in [0.4, 0.5) is 0 Å². The minimum Gasteiger partial charge on any atom is -0.314 e. The van der Waals surface area contributed by atoms with Gasteiger partial charge in [-0.2, -0.15) is 0 Å². The third kappa shape index (κ3) is 4.06. The van der Waals surface area contributed by atoms with Gasteiger partial charge in [-0.3, -0.25) is 0 Å². The normalized spacial score (nSPS) is 28.3. The molecule has 1 N–H and O–H groups in total. The highest BCUT2D eigenvalue weighted by atomic mass is 15.2. The van der Waals surface area contributed by atoms with Gasteiger partial charge in [0.15, 0.2) is 0 Å². The van der Waals surface area contributed by atoms with Gasteiger partial charge in [0.25, 0.3) is 0 Å². The van der Waals surface area contributed by atoms with Gasteiger partial charge in [0.1, 0.15) is 0 Å². The summed E-state index contributed by atoms with van der Waals surface area (Å²) in [5.41, 5.74) is 0. The molecule has 1 rings (SSSR count). The van der Waals surface area contributed by atoms with Crippen molar-refractivity contribution in [3.8, 4) is 0 Å². The van der Waals surface area contributed by atoms with Gasteiger partial charge in [-0.1, -0.05) is 20.3 Å². The second-order valence-electron chi connectivity index (χ2n) is 5.37. The van der Waals surface area contributed by atoms with Crippen LogP contribution in [0.15, 0.2) is 0 Å². The number of hydrogen-bond acceptors (Lipinski definition) is 2. The van der Waals surface area contributed by atoms with Gasteiger partial charge in [0.2, 0.25) is 0 Å². The number of hydrogen-bond donors (Lipinski definition) is 1. The highest BCUT2D eigenvalue weighted by Gasteiger charge is 2.25. The fourth-order valence-electron chi connectivity index (χ4n) is 2.96. The van der Waals surface area contributed by atoms with E-state index in [0.717, 1.165) is 24.7 Å². The Morgan fingerprint density at radius 1 is 1.19 bits per heavy atom. The van der Waals surface area contributed by atoms with E-state index >= 15 is 0 Å². The average Bonchev–Trinajstić information content (AvgIpc) is 2.30. The zero-order chi connectivity index (χ0) is 12.0. The van der Waals surface area contributed by atoms with E-state index in [4.69, 9.17) is 0 Å². The molecule has 0 radical (unpaired) electrons. The van der Waals surface area contributed by atoms with E-state index < -0.39 is 0 Å². The predicted molar refractivity (Wildman–Crippen MR) is 71.9 cm³/mol. The fraction of sp³-hybridized carbons (Fsp3) is 1.00. The van der Waals surface area contributed by atoms with E-state index in [-0.39, 0.29) is 0 Å². The molecule has 16 heavy (non-hydrogen) atoms. The first-order valence-corrected chi connectivity index (χ1v) is 7.14. The lowest BCUT2D eigenvalue weighted by Crippen LogP contribution is -2.44. The van der Waals surface area contributed by atoms with Crippen LogP contribution < -0.4 is 5.32 Å². The summed E-state index contributed by atoms with van der Waals surface area (Å²) < 4.78 is 0. The second kappa shape index (κ2) is 7.29. The summed E-state index contributed by atoms with van der Waals surface area (Å²) in [5.74, 6) is 0. The molecule has 2 heteroatoms. The number of nitrogens with zero attached hydrogens (tertiary/aromatic N) is 1. The van der Waals surface area contributed by atoms with Gasteiger partial charge in [-0.25, -0.2) is 0 Å². The first-order chi connectivity index (χ1) is 7.69. The van der Waals surface area contributed by atoms with Gasteiger partial charge in [-0.15, -0.1) is 0 Å². The Hall–Kier alpha value is -0.0800. The van der Waals surface area contributed by atoms with Crippen LogP contribution in [0.3, 0.4) is 0 Å². The van der Waals surface area contributed by atoms with Crippen molar-refractivity contribution in [1.29, 1.82) is 0 Å². The van der Waals surface area contributed by atoms with E-state index in [9.17, 15) is 0 Å². The lowest BCUT2D eigenvalue weighted by Gasteiger charge is -2.38. The zero-order valence-electron chi connectivity index (χ0n) is 11.6. The number of nitrogens with one attached hydrogen (secondary N) is 1. The van der Waals surface area contributed by atoms with Gasteiger partial charge in [0, 0.05) is 18.1 Å². The lowest BCUT2D eigenvalue weighted by molar-refractivity contribution is 0.129. The summed E-state index contributed by atoms with van der Waals surface area (Å²) in [6.45, 7) is 7.99. The molecule has 1 unspecified atom stereocenters. The molecule has 0 spiro atoms. The van der Waals surface area contributed by atoms with E-state index in [1.165, 1.54) is 38.5 Å². The van der Waals surface area contributed by atoms with Crippen molar-refractivity contribution in [2.24, 2.45) is 0 Å². The third-order valence-electron chi connectivity index (χ3n) is 4.17. The minimum absolute atomic E-state index is 0.755. The fourth-order valence-corrected chi connectivity index (χ4v) is 2.96. The summed E-state index contributed by atoms with van der Waals surface area (Å²) in [5, 5.41) is 3.58. The SMILES string of the molecule is CCCC(C)N(C)C1CCC(NCC)CC1. The molecule has 0 aromatic heterocycles. The quantitative estimate of drug-likeness (QED) is 0.749. The van der Waals surface area contributed by atoms with Crippen LogP contribution in [0.2, 0.25) is 0 Å². The van der Waals surface area contributed by atoms with Crippen molar-refractivity contribution in [3.63, 3.8) is 0 Å². The first kappa shape index (κ1) is 14.0. The first-order valence-electron chi connectivity index (χ1n) is 7.14. The molecule has 0 aromatic rings. The Morgan fingerprint density at radius 3 is 2.31 bits per heavy atom. The molecule has 0 aromatic carbocycles. The molecular weight excluding hydrogens is 196 g/mol. The maximum atomic E-state index is 3.58. The second-order valence-corrected chi connectivity index (χ2v) is 5.37. The number of rotatable bonds is 6. The maximum absolute atomic E-state index is 3.58. The average molecular weight is 226 g/mol. The van der Waals surface area contributed by atoms with Crippen LogP contribution >= 0.6 is 0 Å². The Balaban J connectivity index is 2.29. The summed E-state index contributed by atoms with van der Waals surface area (Å²) in [7, 11) is 2.32. The highest BCUT2D eigenvalue weighted by Crippen LogP contribution is 2.24. The topological polar surface area (TPSA) is 15.3 Å². The highest BCUT2D eigenvalue weighted by molar-refractivity contribution is 4.83. The van der Waals surface area contributed by atoms with E-state index in [1.807, 2.05) is 0 Å². The zero-order valence-corrected chi connectivity index (χ0v) is 11.6. The van der Waals surface area contributed by atoms with Crippen LogP contribution in [0, 0.1) is 0 Å². The van der Waals surface area contributed by atoms with Crippen LogP contribution in [0.5, 0.6) is 0 Å². The van der Waals surface area contributed by atoms with Crippen LogP contribution in [0.25, 0.3) is 0 Å². The molecule has 1 fully saturated rings. The molecule has 1 aliphatic carbocycles. The summed E-state index contributed by atoms with van der Waals surface area (Å²) >= 11 is 0. The molecule has 0 amide bonds. The Morgan fingerprint density at radius 2 is 1.81 bits per heavy atom. The molecule has 0 heterocycles. The Bertz CT molecular complexity index is 174. The molecule has 1 atom stereocenters. The predicted octanol–water partition coefficient (Wildman–Crippen LogP) is 3.03. The summed E-state index contributed by atoms with van der Waals surface area (Å²) in [6.07, 6.45) is 8.12. The van der Waals surface area contributed by atoms with Crippen molar-refractivity contribution in [1.82, 2.24) is 10.2 Å². The van der Waals surface area contributed by atoms with Crippen molar-refractivity contribution in [2.75, 3.05) is 13.6 Å². The Labute approximate surface area is 102 Å². The molecule has 0 aliphatic heterocycles. The van der Waals surface area contributed by atoms with Crippen LogP contribution in [-0.2, 0) is 0 Å². The molecule has 1 saturated carbocycles. The molecule has 0 saturated heterocycles. The van der Waals surface area contributed by atoms with Crippen molar-refractivity contribution >= 4 is 0 Å². The van der Waals surface area contributed by atoms with Gasteiger partial charge in [-0.05, 0) is 52.6 Å². The van der Waals surface area contributed by atoms with Gasteiger partial charge >= 0.3 is 0 Å². The van der Waals surface area contributed by atoms with Gasteiger partial charge < -0.3 is 10.2 Å². The van der Waals surface area contributed by atoms with Gasteiger partial charge in [0.05, 0.1) is 0 Å². The Kier molecular flexibility index (Phi) is 6.37. The minimum atomic E-state index is 0.755. The molecular formula is C14H30N2. The van der Waals surface area contributed by atoms with Crippen LogP contribution in [0.1, 0.15) is 59.3 Å². The van der Waals surface area contributed by atoms with E-state index in [0.29, 0.717) is 0 Å². The molecule has 1 aliphatic rings. The monoisotopic (exact) mass is 226 g/mol. The smallest absolute Gasteiger partial charge is 0.00961 e. The van der Waals surface area contributed by atoms with Crippen molar-refractivity contribution in [2.45, 2.75) is 77.4 Å².